The van der Waals surface area contributed by atoms with Crippen molar-refractivity contribution in [1.29, 1.82) is 0 Å². The SMILES string of the molecule is COc1ccc(-n2c(SCC(=O)N/N=C(/C)c3ccc(F)cc3)nc3ccccc3c2=O)cc1. The standard InChI is InChI=1S/C25H21FN4O3S/c1-16(17-7-9-18(26)10-8-17)28-29-23(31)15-34-25-27-22-6-4-3-5-21(22)24(32)30(25)19-11-13-20(33-2)14-12-19/h3-14H,15H2,1-2H3,(H,29,31)/b28-16-. The Morgan fingerprint density at radius 3 is 2.50 bits per heavy atom. The molecule has 3 aromatic carbocycles. The third kappa shape index (κ3) is 5.15. The number of para-hydroxylation sites is 1. The number of hydrogen-bond donors (Lipinski definition) is 1. The highest BCUT2D eigenvalue weighted by atomic mass is 32.2. The van der Waals surface area contributed by atoms with Gasteiger partial charge in [0.05, 0.1) is 35.2 Å². The number of ether oxygens (including phenoxy) is 1. The first-order valence-corrected chi connectivity index (χ1v) is 11.3. The van der Waals surface area contributed by atoms with E-state index in [1.54, 1.807) is 74.7 Å². The second-order valence-electron chi connectivity index (χ2n) is 7.28. The van der Waals surface area contributed by atoms with Crippen molar-refractivity contribution in [3.05, 3.63) is 94.5 Å². The second kappa shape index (κ2) is 10.3. The smallest absolute Gasteiger partial charge is 0.266 e. The average molecular weight is 477 g/mol. The minimum atomic E-state index is -0.366. The van der Waals surface area contributed by atoms with Crippen molar-refractivity contribution in [1.82, 2.24) is 15.0 Å². The number of carbonyl (C=O) groups excluding carboxylic acids is 1. The summed E-state index contributed by atoms with van der Waals surface area (Å²) >= 11 is 1.13. The van der Waals surface area contributed by atoms with Crippen LogP contribution in [0.4, 0.5) is 4.39 Å². The van der Waals surface area contributed by atoms with Gasteiger partial charge in [-0.05, 0) is 61.0 Å². The molecular formula is C25H21FN4O3S. The van der Waals surface area contributed by atoms with E-state index >= 15 is 0 Å². The molecule has 0 bridgehead atoms. The van der Waals surface area contributed by atoms with Crippen LogP contribution in [0.5, 0.6) is 5.75 Å². The molecule has 9 heteroatoms. The molecule has 4 rings (SSSR count). The molecule has 172 valence electrons. The molecule has 0 spiro atoms. The molecule has 1 aromatic heterocycles. The van der Waals surface area contributed by atoms with E-state index in [0.717, 1.165) is 11.8 Å². The third-order valence-electron chi connectivity index (χ3n) is 5.02. The first-order chi connectivity index (χ1) is 16.5. The number of thioether (sulfide) groups is 1. The monoisotopic (exact) mass is 476 g/mol. The maximum absolute atomic E-state index is 13.3. The van der Waals surface area contributed by atoms with Gasteiger partial charge in [-0.25, -0.2) is 14.8 Å². The number of nitrogens with zero attached hydrogens (tertiary/aromatic N) is 3. The lowest BCUT2D eigenvalue weighted by atomic mass is 10.1. The van der Waals surface area contributed by atoms with E-state index in [0.29, 0.717) is 38.8 Å². The molecule has 0 atom stereocenters. The van der Waals surface area contributed by atoms with Crippen molar-refractivity contribution in [3.8, 4) is 11.4 Å². The summed E-state index contributed by atoms with van der Waals surface area (Å²) in [7, 11) is 1.57. The van der Waals surface area contributed by atoms with Crippen molar-refractivity contribution in [2.75, 3.05) is 12.9 Å². The van der Waals surface area contributed by atoms with Crippen LogP contribution in [0.1, 0.15) is 12.5 Å². The van der Waals surface area contributed by atoms with Crippen LogP contribution in [0, 0.1) is 5.82 Å². The van der Waals surface area contributed by atoms with E-state index in [4.69, 9.17) is 4.74 Å². The predicted molar refractivity (Wildman–Crippen MR) is 131 cm³/mol. The second-order valence-corrected chi connectivity index (χ2v) is 8.22. The Hall–Kier alpha value is -3.98. The molecule has 0 fully saturated rings. The van der Waals surface area contributed by atoms with Crippen LogP contribution in [0.2, 0.25) is 0 Å². The van der Waals surface area contributed by atoms with E-state index in [9.17, 15) is 14.0 Å². The van der Waals surface area contributed by atoms with Crippen molar-refractivity contribution in [2.45, 2.75) is 12.1 Å². The van der Waals surface area contributed by atoms with Gasteiger partial charge >= 0.3 is 0 Å². The Morgan fingerprint density at radius 2 is 1.79 bits per heavy atom. The minimum absolute atomic E-state index is 0.0128. The number of aromatic nitrogens is 2. The van der Waals surface area contributed by atoms with Crippen molar-refractivity contribution < 1.29 is 13.9 Å². The topological polar surface area (TPSA) is 85.6 Å². The summed E-state index contributed by atoms with van der Waals surface area (Å²) in [5, 5.41) is 4.94. The molecule has 34 heavy (non-hydrogen) atoms. The van der Waals surface area contributed by atoms with E-state index in [1.807, 2.05) is 0 Å². The van der Waals surface area contributed by atoms with Gasteiger partial charge in [0.25, 0.3) is 11.5 Å². The van der Waals surface area contributed by atoms with Crippen LogP contribution in [0.25, 0.3) is 16.6 Å². The van der Waals surface area contributed by atoms with Crippen LogP contribution in [0.15, 0.2) is 87.8 Å². The lowest BCUT2D eigenvalue weighted by Gasteiger charge is -2.13. The molecule has 0 aliphatic heterocycles. The van der Waals surface area contributed by atoms with Crippen molar-refractivity contribution in [2.24, 2.45) is 5.10 Å². The van der Waals surface area contributed by atoms with Gasteiger partial charge in [0.1, 0.15) is 11.6 Å². The summed E-state index contributed by atoms with van der Waals surface area (Å²) in [5.74, 6) is -0.0624. The molecule has 7 nitrogen and oxygen atoms in total. The van der Waals surface area contributed by atoms with Gasteiger partial charge in [-0.3, -0.25) is 14.2 Å². The summed E-state index contributed by atoms with van der Waals surface area (Å²) < 4.78 is 19.8. The van der Waals surface area contributed by atoms with Gasteiger partial charge in [0.2, 0.25) is 0 Å². The predicted octanol–water partition coefficient (Wildman–Crippen LogP) is 4.17. The number of methoxy groups -OCH3 is 1. The zero-order valence-electron chi connectivity index (χ0n) is 18.5. The number of carbonyl (C=O) groups is 1. The van der Waals surface area contributed by atoms with E-state index in [2.05, 4.69) is 15.5 Å². The zero-order chi connectivity index (χ0) is 24.1. The highest BCUT2D eigenvalue weighted by Crippen LogP contribution is 2.22. The fourth-order valence-corrected chi connectivity index (χ4v) is 4.04. The first-order valence-electron chi connectivity index (χ1n) is 10.3. The third-order valence-corrected chi connectivity index (χ3v) is 5.96. The van der Waals surface area contributed by atoms with Crippen molar-refractivity contribution in [3.63, 3.8) is 0 Å². The van der Waals surface area contributed by atoms with E-state index in [1.165, 1.54) is 16.7 Å². The molecule has 0 aliphatic carbocycles. The van der Waals surface area contributed by atoms with Gasteiger partial charge in [-0.1, -0.05) is 36.0 Å². The van der Waals surface area contributed by atoms with Crippen LogP contribution in [-0.2, 0) is 4.79 Å². The largest absolute Gasteiger partial charge is 0.497 e. The van der Waals surface area contributed by atoms with E-state index in [-0.39, 0.29) is 23.0 Å². The summed E-state index contributed by atoms with van der Waals surface area (Å²) in [6.45, 7) is 1.72. The lowest BCUT2D eigenvalue weighted by Crippen LogP contribution is -2.24. The summed E-state index contributed by atoms with van der Waals surface area (Å²) in [6.07, 6.45) is 0. The molecule has 0 saturated carbocycles. The Morgan fingerprint density at radius 1 is 1.09 bits per heavy atom. The Kier molecular flexibility index (Phi) is 7.03. The maximum atomic E-state index is 13.3. The van der Waals surface area contributed by atoms with Crippen LogP contribution in [0.3, 0.4) is 0 Å². The number of amides is 1. The molecule has 1 heterocycles. The number of fused-ring (bicyclic) bond motifs is 1. The summed E-state index contributed by atoms with van der Waals surface area (Å²) in [5.41, 5.74) is 4.65. The maximum Gasteiger partial charge on any atom is 0.266 e. The van der Waals surface area contributed by atoms with Gasteiger partial charge in [0.15, 0.2) is 5.16 Å². The Labute approximate surface area is 199 Å². The Bertz CT molecular complexity index is 1420. The molecule has 0 aliphatic rings. The molecule has 1 amide bonds. The highest BCUT2D eigenvalue weighted by molar-refractivity contribution is 7.99. The number of benzene rings is 3. The van der Waals surface area contributed by atoms with Gasteiger partial charge in [-0.2, -0.15) is 5.10 Å². The molecule has 0 unspecified atom stereocenters. The van der Waals surface area contributed by atoms with Gasteiger partial charge < -0.3 is 4.74 Å². The zero-order valence-corrected chi connectivity index (χ0v) is 19.3. The van der Waals surface area contributed by atoms with E-state index < -0.39 is 0 Å². The number of halogens is 1. The lowest BCUT2D eigenvalue weighted by molar-refractivity contribution is -0.118. The first kappa shape index (κ1) is 23.2. The quantitative estimate of drug-likeness (QED) is 0.187. The molecule has 0 radical (unpaired) electrons. The number of hydrazone groups is 1. The molecule has 1 N–H and O–H groups in total. The average Bonchev–Trinajstić information content (AvgIpc) is 2.86. The van der Waals surface area contributed by atoms with Crippen LogP contribution < -0.4 is 15.7 Å². The molecular weight excluding hydrogens is 455 g/mol. The van der Waals surface area contributed by atoms with Crippen molar-refractivity contribution >= 4 is 34.3 Å². The minimum Gasteiger partial charge on any atom is -0.497 e. The Balaban J connectivity index is 1.58. The normalized spacial score (nSPS) is 11.4. The number of nitrogens with one attached hydrogen (secondary N) is 1. The summed E-state index contributed by atoms with van der Waals surface area (Å²) in [6, 6.07) is 19.9. The van der Waals surface area contributed by atoms with Gasteiger partial charge in [0, 0.05) is 0 Å². The fraction of sp³-hybridized carbons (Fsp3) is 0.120. The summed E-state index contributed by atoms with van der Waals surface area (Å²) in [4.78, 5) is 30.4. The fourth-order valence-electron chi connectivity index (χ4n) is 3.23. The molecule has 0 saturated heterocycles. The highest BCUT2D eigenvalue weighted by Gasteiger charge is 2.15. The number of hydrogen-bond acceptors (Lipinski definition) is 6. The number of rotatable bonds is 7. The van der Waals surface area contributed by atoms with Gasteiger partial charge in [-0.15, -0.1) is 0 Å². The molecule has 4 aromatic rings. The van der Waals surface area contributed by atoms with Crippen LogP contribution >= 0.6 is 11.8 Å². The van der Waals surface area contributed by atoms with Crippen LogP contribution in [-0.4, -0.2) is 34.0 Å².